The van der Waals surface area contributed by atoms with E-state index in [0.29, 0.717) is 4.75 Å². The molecule has 1 aliphatic rings. The maximum absolute atomic E-state index is 6.61. The number of rotatable bonds is 3. The van der Waals surface area contributed by atoms with Gasteiger partial charge >= 0.3 is 0 Å². The van der Waals surface area contributed by atoms with Gasteiger partial charge in [-0.25, -0.2) is 0 Å². The van der Waals surface area contributed by atoms with Crippen LogP contribution in [0.1, 0.15) is 39.2 Å². The fraction of sp³-hybridized carbons (Fsp3) is 0.600. The van der Waals surface area contributed by atoms with Crippen LogP contribution in [-0.4, -0.2) is 17.1 Å². The van der Waals surface area contributed by atoms with Gasteiger partial charge in [0.1, 0.15) is 5.75 Å². The van der Waals surface area contributed by atoms with Crippen LogP contribution in [0.25, 0.3) is 0 Å². The number of benzene rings is 1. The van der Waals surface area contributed by atoms with Crippen molar-refractivity contribution in [2.45, 2.75) is 43.9 Å². The first-order valence-electron chi connectivity index (χ1n) is 6.56. The van der Waals surface area contributed by atoms with E-state index >= 15 is 0 Å². The molecule has 0 aliphatic carbocycles. The van der Waals surface area contributed by atoms with Crippen molar-refractivity contribution in [3.63, 3.8) is 0 Å². The fourth-order valence-corrected chi connectivity index (χ4v) is 3.36. The molecule has 0 spiro atoms. The van der Waals surface area contributed by atoms with E-state index in [0.717, 1.165) is 31.0 Å². The van der Waals surface area contributed by atoms with Crippen molar-refractivity contribution in [3.05, 3.63) is 29.8 Å². The van der Waals surface area contributed by atoms with Gasteiger partial charge < -0.3 is 10.5 Å². The molecule has 1 aromatic carbocycles. The van der Waals surface area contributed by atoms with Gasteiger partial charge in [0.2, 0.25) is 0 Å². The first-order valence-corrected chi connectivity index (χ1v) is 7.54. The Labute approximate surface area is 114 Å². The summed E-state index contributed by atoms with van der Waals surface area (Å²) in [4.78, 5) is 0. The third-order valence-electron chi connectivity index (χ3n) is 3.31. The summed E-state index contributed by atoms with van der Waals surface area (Å²) < 4.78 is 5.99. The topological polar surface area (TPSA) is 35.2 Å². The highest BCUT2D eigenvalue weighted by molar-refractivity contribution is 8.00. The van der Waals surface area contributed by atoms with Crippen molar-refractivity contribution in [1.82, 2.24) is 0 Å². The molecule has 0 radical (unpaired) electrons. The van der Waals surface area contributed by atoms with Crippen LogP contribution in [0.3, 0.4) is 0 Å². The van der Waals surface area contributed by atoms with E-state index in [-0.39, 0.29) is 5.54 Å². The quantitative estimate of drug-likeness (QED) is 0.908. The van der Waals surface area contributed by atoms with E-state index in [9.17, 15) is 0 Å². The summed E-state index contributed by atoms with van der Waals surface area (Å²) in [6, 6.07) is 8.18. The zero-order valence-corrected chi connectivity index (χ0v) is 12.3. The standard InChI is InChI=1S/C15H23NOS/c1-14(2,3)18-11-9-15(16)8-10-17-13-7-5-4-6-12(13)15/h4-7H,8-11,16H2,1-3H3. The second-order valence-electron chi connectivity index (χ2n) is 5.96. The maximum Gasteiger partial charge on any atom is 0.124 e. The Morgan fingerprint density at radius 1 is 1.33 bits per heavy atom. The molecule has 1 unspecified atom stereocenters. The van der Waals surface area contributed by atoms with Crippen LogP contribution in [0.5, 0.6) is 5.75 Å². The first kappa shape index (κ1) is 13.8. The number of fused-ring (bicyclic) bond motifs is 1. The highest BCUT2D eigenvalue weighted by Gasteiger charge is 2.33. The minimum atomic E-state index is -0.215. The molecule has 1 heterocycles. The molecule has 0 amide bonds. The van der Waals surface area contributed by atoms with Crippen molar-refractivity contribution in [2.24, 2.45) is 5.73 Å². The summed E-state index contributed by atoms with van der Waals surface area (Å²) in [6.45, 7) is 7.48. The lowest BCUT2D eigenvalue weighted by atomic mass is 9.83. The zero-order chi connectivity index (χ0) is 13.2. The smallest absolute Gasteiger partial charge is 0.124 e. The number of ether oxygens (including phenoxy) is 1. The lowest BCUT2D eigenvalue weighted by molar-refractivity contribution is 0.213. The number of hydrogen-bond donors (Lipinski definition) is 1. The SMILES string of the molecule is CC(C)(C)SCCC1(N)CCOc2ccccc21. The fourth-order valence-electron chi connectivity index (χ4n) is 2.28. The molecule has 2 nitrogen and oxygen atoms in total. The monoisotopic (exact) mass is 265 g/mol. The summed E-state index contributed by atoms with van der Waals surface area (Å²) in [5, 5.41) is 0. The van der Waals surface area contributed by atoms with Crippen LogP contribution in [0.2, 0.25) is 0 Å². The highest BCUT2D eigenvalue weighted by Crippen LogP contribution is 2.38. The van der Waals surface area contributed by atoms with Crippen molar-refractivity contribution >= 4 is 11.8 Å². The summed E-state index contributed by atoms with van der Waals surface area (Å²) in [7, 11) is 0. The molecule has 1 atom stereocenters. The van der Waals surface area contributed by atoms with Crippen molar-refractivity contribution < 1.29 is 4.74 Å². The lowest BCUT2D eigenvalue weighted by Gasteiger charge is -2.36. The molecule has 2 N–H and O–H groups in total. The average molecular weight is 265 g/mol. The Bertz CT molecular complexity index is 413. The van der Waals surface area contributed by atoms with Gasteiger partial charge in [-0.2, -0.15) is 11.8 Å². The average Bonchev–Trinajstić information content (AvgIpc) is 2.28. The molecule has 18 heavy (non-hydrogen) atoms. The van der Waals surface area contributed by atoms with Gasteiger partial charge in [-0.3, -0.25) is 0 Å². The van der Waals surface area contributed by atoms with E-state index < -0.39 is 0 Å². The molecule has 0 fully saturated rings. The Hall–Kier alpha value is -0.670. The molecule has 100 valence electrons. The minimum Gasteiger partial charge on any atom is -0.493 e. The molecular weight excluding hydrogens is 242 g/mol. The number of nitrogens with two attached hydrogens (primary N) is 1. The van der Waals surface area contributed by atoms with Gasteiger partial charge in [0, 0.05) is 22.3 Å². The van der Waals surface area contributed by atoms with E-state index in [1.807, 2.05) is 30.0 Å². The number of hydrogen-bond acceptors (Lipinski definition) is 3. The summed E-state index contributed by atoms with van der Waals surface area (Å²) >= 11 is 1.98. The number of thioether (sulfide) groups is 1. The molecule has 3 heteroatoms. The van der Waals surface area contributed by atoms with Crippen molar-refractivity contribution in [1.29, 1.82) is 0 Å². The molecule has 0 aromatic heterocycles. The van der Waals surface area contributed by atoms with Crippen LogP contribution < -0.4 is 10.5 Å². The van der Waals surface area contributed by atoms with Gasteiger partial charge in [-0.15, -0.1) is 0 Å². The largest absolute Gasteiger partial charge is 0.493 e. The van der Waals surface area contributed by atoms with Crippen LogP contribution in [0.15, 0.2) is 24.3 Å². The van der Waals surface area contributed by atoms with E-state index in [4.69, 9.17) is 10.5 Å². The molecule has 1 aliphatic heterocycles. The first-order chi connectivity index (χ1) is 8.41. The summed E-state index contributed by atoms with van der Waals surface area (Å²) in [6.07, 6.45) is 1.92. The molecule has 0 bridgehead atoms. The molecule has 1 aromatic rings. The lowest BCUT2D eigenvalue weighted by Crippen LogP contribution is -2.42. The third kappa shape index (κ3) is 3.21. The second-order valence-corrected chi connectivity index (χ2v) is 7.88. The van der Waals surface area contributed by atoms with E-state index in [1.54, 1.807) is 0 Å². The van der Waals surface area contributed by atoms with Crippen molar-refractivity contribution in [3.8, 4) is 5.75 Å². The van der Waals surface area contributed by atoms with Crippen LogP contribution in [0.4, 0.5) is 0 Å². The molecule has 2 rings (SSSR count). The molecular formula is C15H23NOS. The Balaban J connectivity index is 2.08. The van der Waals surface area contributed by atoms with Gasteiger partial charge in [-0.05, 0) is 18.2 Å². The normalized spacial score (nSPS) is 23.3. The third-order valence-corrected chi connectivity index (χ3v) is 4.59. The van der Waals surface area contributed by atoms with Gasteiger partial charge in [0.25, 0.3) is 0 Å². The maximum atomic E-state index is 6.61. The molecule has 0 saturated heterocycles. The van der Waals surface area contributed by atoms with Crippen LogP contribution >= 0.6 is 11.8 Å². The Morgan fingerprint density at radius 2 is 2.06 bits per heavy atom. The molecule has 0 saturated carbocycles. The van der Waals surface area contributed by atoms with Crippen LogP contribution in [-0.2, 0) is 5.54 Å². The Morgan fingerprint density at radius 3 is 2.78 bits per heavy atom. The summed E-state index contributed by atoms with van der Waals surface area (Å²) in [5.41, 5.74) is 7.56. The van der Waals surface area contributed by atoms with Gasteiger partial charge in [0.05, 0.1) is 6.61 Å². The number of para-hydroxylation sites is 1. The van der Waals surface area contributed by atoms with Crippen molar-refractivity contribution in [2.75, 3.05) is 12.4 Å². The minimum absolute atomic E-state index is 0.215. The van der Waals surface area contributed by atoms with Gasteiger partial charge in [0.15, 0.2) is 0 Å². The predicted molar refractivity (Wildman–Crippen MR) is 79.2 cm³/mol. The van der Waals surface area contributed by atoms with E-state index in [1.165, 1.54) is 5.56 Å². The van der Waals surface area contributed by atoms with Gasteiger partial charge in [-0.1, -0.05) is 39.0 Å². The predicted octanol–water partition coefficient (Wildman–Crippen LogP) is 3.54. The highest BCUT2D eigenvalue weighted by atomic mass is 32.2. The second kappa shape index (κ2) is 5.14. The van der Waals surface area contributed by atoms with Crippen LogP contribution in [0, 0.1) is 0 Å². The zero-order valence-electron chi connectivity index (χ0n) is 11.5. The summed E-state index contributed by atoms with van der Waals surface area (Å²) in [5.74, 6) is 2.06. The Kier molecular flexibility index (Phi) is 3.93. The van der Waals surface area contributed by atoms with E-state index in [2.05, 4.69) is 26.8 Å².